The van der Waals surface area contributed by atoms with Crippen LogP contribution in [0.4, 0.5) is 6.01 Å². The zero-order valence-electron chi connectivity index (χ0n) is 12.8. The van der Waals surface area contributed by atoms with Crippen molar-refractivity contribution >= 4 is 6.01 Å². The zero-order chi connectivity index (χ0) is 15.5. The molecule has 1 aromatic carbocycles. The minimum atomic E-state index is -0.0853. The molecule has 0 saturated carbocycles. The molecule has 1 N–H and O–H groups in total. The predicted octanol–water partition coefficient (Wildman–Crippen LogP) is 2.95. The standard InChI is InChI=1S/C15H18N6O/c1-10(2)14-17-15(22-19-14)16-11(3)13-9-21(20-18-13)12-7-5-4-6-8-12/h4-11H,1-3H3,(H,16,17,19). The molecule has 0 radical (unpaired) electrons. The monoisotopic (exact) mass is 298 g/mol. The van der Waals surface area contributed by atoms with Crippen LogP contribution in [0.15, 0.2) is 41.1 Å². The fraction of sp³-hybridized carbons (Fsp3) is 0.333. The van der Waals surface area contributed by atoms with Gasteiger partial charge in [-0.3, -0.25) is 0 Å². The molecule has 2 heterocycles. The normalized spacial score (nSPS) is 12.5. The van der Waals surface area contributed by atoms with E-state index < -0.39 is 0 Å². The highest BCUT2D eigenvalue weighted by atomic mass is 16.5. The summed E-state index contributed by atoms with van der Waals surface area (Å²) in [4.78, 5) is 4.30. The summed E-state index contributed by atoms with van der Waals surface area (Å²) in [7, 11) is 0. The Balaban J connectivity index is 1.72. The van der Waals surface area contributed by atoms with Crippen molar-refractivity contribution in [1.82, 2.24) is 25.1 Å². The molecule has 0 bridgehead atoms. The van der Waals surface area contributed by atoms with E-state index in [2.05, 4.69) is 25.8 Å². The van der Waals surface area contributed by atoms with E-state index in [0.717, 1.165) is 11.4 Å². The first-order valence-corrected chi connectivity index (χ1v) is 7.21. The number of hydrogen-bond donors (Lipinski definition) is 1. The maximum absolute atomic E-state index is 5.18. The van der Waals surface area contributed by atoms with Crippen LogP contribution in [0.3, 0.4) is 0 Å². The second-order valence-corrected chi connectivity index (χ2v) is 5.40. The summed E-state index contributed by atoms with van der Waals surface area (Å²) in [6, 6.07) is 10.2. The van der Waals surface area contributed by atoms with E-state index >= 15 is 0 Å². The van der Waals surface area contributed by atoms with Gasteiger partial charge in [0.25, 0.3) is 0 Å². The summed E-state index contributed by atoms with van der Waals surface area (Å²) < 4.78 is 6.92. The largest absolute Gasteiger partial charge is 0.330 e. The smallest absolute Gasteiger partial charge is 0.322 e. The van der Waals surface area contributed by atoms with Crippen molar-refractivity contribution in [3.63, 3.8) is 0 Å². The third-order valence-electron chi connectivity index (χ3n) is 3.27. The molecule has 0 aliphatic heterocycles. The van der Waals surface area contributed by atoms with Gasteiger partial charge in [-0.1, -0.05) is 42.4 Å². The molecule has 114 valence electrons. The van der Waals surface area contributed by atoms with E-state index in [1.165, 1.54) is 0 Å². The SMILES string of the molecule is CC(C)c1noc(NC(C)c2cn(-c3ccccc3)nn2)n1. The molecule has 1 unspecified atom stereocenters. The second kappa shape index (κ2) is 5.97. The third kappa shape index (κ3) is 2.98. The Kier molecular flexibility index (Phi) is 3.86. The maximum Gasteiger partial charge on any atom is 0.322 e. The van der Waals surface area contributed by atoms with Gasteiger partial charge < -0.3 is 9.84 Å². The van der Waals surface area contributed by atoms with Crippen molar-refractivity contribution in [2.75, 3.05) is 5.32 Å². The van der Waals surface area contributed by atoms with E-state index in [9.17, 15) is 0 Å². The van der Waals surface area contributed by atoms with E-state index in [0.29, 0.717) is 11.8 Å². The van der Waals surface area contributed by atoms with Gasteiger partial charge in [-0.05, 0) is 19.1 Å². The van der Waals surface area contributed by atoms with E-state index in [1.54, 1.807) is 4.68 Å². The Labute approximate surface area is 128 Å². The highest BCUT2D eigenvalue weighted by Crippen LogP contribution is 2.18. The molecular formula is C15H18N6O. The fourth-order valence-corrected chi connectivity index (χ4v) is 1.97. The van der Waals surface area contributed by atoms with Crippen LogP contribution in [-0.2, 0) is 0 Å². The lowest BCUT2D eigenvalue weighted by molar-refractivity contribution is 0.416. The van der Waals surface area contributed by atoms with Crippen molar-refractivity contribution in [2.45, 2.75) is 32.7 Å². The van der Waals surface area contributed by atoms with Gasteiger partial charge in [0.15, 0.2) is 5.82 Å². The summed E-state index contributed by atoms with van der Waals surface area (Å²) in [5, 5.41) is 15.4. The van der Waals surface area contributed by atoms with Crippen LogP contribution in [-0.4, -0.2) is 25.1 Å². The molecule has 0 amide bonds. The quantitative estimate of drug-likeness (QED) is 0.780. The fourth-order valence-electron chi connectivity index (χ4n) is 1.97. The number of aromatic nitrogens is 5. The molecule has 7 heteroatoms. The minimum absolute atomic E-state index is 0.0853. The van der Waals surface area contributed by atoms with Gasteiger partial charge in [0.05, 0.1) is 17.9 Å². The molecule has 22 heavy (non-hydrogen) atoms. The van der Waals surface area contributed by atoms with Crippen LogP contribution >= 0.6 is 0 Å². The highest BCUT2D eigenvalue weighted by molar-refractivity contribution is 5.31. The van der Waals surface area contributed by atoms with Crippen LogP contribution in [0.5, 0.6) is 0 Å². The van der Waals surface area contributed by atoms with Crippen LogP contribution in [0.1, 0.15) is 44.2 Å². The lowest BCUT2D eigenvalue weighted by Crippen LogP contribution is -2.07. The Bertz CT molecular complexity index is 733. The van der Waals surface area contributed by atoms with Crippen LogP contribution in [0.25, 0.3) is 5.69 Å². The number of hydrogen-bond acceptors (Lipinski definition) is 6. The van der Waals surface area contributed by atoms with E-state index in [4.69, 9.17) is 4.52 Å². The van der Waals surface area contributed by atoms with Crippen molar-refractivity contribution in [2.24, 2.45) is 0 Å². The first-order chi connectivity index (χ1) is 10.6. The van der Waals surface area contributed by atoms with Gasteiger partial charge in [-0.25, -0.2) is 4.68 Å². The van der Waals surface area contributed by atoms with E-state index in [-0.39, 0.29) is 12.0 Å². The van der Waals surface area contributed by atoms with Crippen molar-refractivity contribution < 1.29 is 4.52 Å². The first-order valence-electron chi connectivity index (χ1n) is 7.21. The molecule has 3 rings (SSSR count). The number of nitrogens with zero attached hydrogens (tertiary/aromatic N) is 5. The lowest BCUT2D eigenvalue weighted by atomic mass is 10.2. The Morgan fingerprint density at radius 3 is 2.59 bits per heavy atom. The number of nitrogens with one attached hydrogen (secondary N) is 1. The van der Waals surface area contributed by atoms with Gasteiger partial charge >= 0.3 is 6.01 Å². The molecule has 0 aliphatic carbocycles. The lowest BCUT2D eigenvalue weighted by Gasteiger charge is -2.07. The number of rotatable bonds is 5. The number of para-hydroxylation sites is 1. The Hall–Kier alpha value is -2.70. The second-order valence-electron chi connectivity index (χ2n) is 5.40. The maximum atomic E-state index is 5.18. The van der Waals surface area contributed by atoms with Gasteiger partial charge in [-0.2, -0.15) is 4.98 Å². The predicted molar refractivity (Wildman–Crippen MR) is 81.8 cm³/mol. The molecule has 0 aliphatic rings. The number of benzene rings is 1. The first kappa shape index (κ1) is 14.2. The van der Waals surface area contributed by atoms with Crippen LogP contribution in [0, 0.1) is 0 Å². The van der Waals surface area contributed by atoms with Crippen molar-refractivity contribution in [3.8, 4) is 5.69 Å². The number of anilines is 1. The van der Waals surface area contributed by atoms with Gasteiger partial charge in [0, 0.05) is 5.92 Å². The molecule has 1 atom stereocenters. The highest BCUT2D eigenvalue weighted by Gasteiger charge is 2.15. The molecule has 3 aromatic rings. The summed E-state index contributed by atoms with van der Waals surface area (Å²) in [6.45, 7) is 6.01. The van der Waals surface area contributed by atoms with Crippen LogP contribution < -0.4 is 5.32 Å². The van der Waals surface area contributed by atoms with Crippen molar-refractivity contribution in [1.29, 1.82) is 0 Å². The third-order valence-corrected chi connectivity index (χ3v) is 3.27. The molecule has 0 saturated heterocycles. The summed E-state index contributed by atoms with van der Waals surface area (Å²) in [6.07, 6.45) is 1.88. The minimum Gasteiger partial charge on any atom is -0.330 e. The van der Waals surface area contributed by atoms with Gasteiger partial charge in [-0.15, -0.1) is 5.10 Å². The topological polar surface area (TPSA) is 81.7 Å². The summed E-state index contributed by atoms with van der Waals surface area (Å²) >= 11 is 0. The molecule has 2 aromatic heterocycles. The van der Waals surface area contributed by atoms with Crippen molar-refractivity contribution in [3.05, 3.63) is 48.0 Å². The zero-order valence-corrected chi connectivity index (χ0v) is 12.8. The van der Waals surface area contributed by atoms with Gasteiger partial charge in [0.1, 0.15) is 5.69 Å². The molecule has 7 nitrogen and oxygen atoms in total. The Morgan fingerprint density at radius 2 is 1.91 bits per heavy atom. The molecule has 0 fully saturated rings. The molecular weight excluding hydrogens is 280 g/mol. The summed E-state index contributed by atoms with van der Waals surface area (Å²) in [5.74, 6) is 0.913. The average Bonchev–Trinajstić information content (AvgIpc) is 3.17. The van der Waals surface area contributed by atoms with Gasteiger partial charge in [0.2, 0.25) is 0 Å². The Morgan fingerprint density at radius 1 is 1.14 bits per heavy atom. The van der Waals surface area contributed by atoms with E-state index in [1.807, 2.05) is 57.3 Å². The summed E-state index contributed by atoms with van der Waals surface area (Å²) in [5.41, 5.74) is 1.77. The molecule has 0 spiro atoms. The van der Waals surface area contributed by atoms with Crippen LogP contribution in [0.2, 0.25) is 0 Å². The average molecular weight is 298 g/mol.